The summed E-state index contributed by atoms with van der Waals surface area (Å²) in [5.41, 5.74) is 0.928. The van der Waals surface area contributed by atoms with Gasteiger partial charge in [0.25, 0.3) is 0 Å². The summed E-state index contributed by atoms with van der Waals surface area (Å²) in [5.74, 6) is 0. The van der Waals surface area contributed by atoms with Crippen LogP contribution in [-0.2, 0) is 10.1 Å². The Hall–Kier alpha value is -0.620. The smallest absolute Gasteiger partial charge is 0.154 e. The number of hydrogen-bond acceptors (Lipinski definition) is 3. The fourth-order valence-electron chi connectivity index (χ4n) is 4.54. The van der Waals surface area contributed by atoms with E-state index in [-0.39, 0.29) is 4.90 Å². The van der Waals surface area contributed by atoms with E-state index in [1.54, 1.807) is 12.1 Å². The van der Waals surface area contributed by atoms with Gasteiger partial charge in [-0.25, -0.2) is 8.42 Å². The molecular weight excluding hydrogens is 502 g/mol. The number of benzene rings is 1. The van der Waals surface area contributed by atoms with Crippen molar-refractivity contribution >= 4 is 21.7 Å². The van der Waals surface area contributed by atoms with Gasteiger partial charge in [-0.3, -0.25) is 0 Å². The molecule has 0 spiro atoms. The maximum absolute atomic E-state index is 10.4. The fourth-order valence-corrected chi connectivity index (χ4v) is 5.25. The van der Waals surface area contributed by atoms with E-state index in [2.05, 4.69) is 20.9 Å². The Labute approximate surface area is 235 Å². The highest BCUT2D eigenvalue weighted by Crippen LogP contribution is 2.15. The van der Waals surface area contributed by atoms with Gasteiger partial charge in [-0.2, -0.15) is 0 Å². The molecule has 0 unspecified atom stereocenters. The molecule has 0 fully saturated rings. The lowest BCUT2D eigenvalue weighted by atomic mass is 10.1. The topological polar surface area (TPSA) is 57.2 Å². The molecule has 0 atom stereocenters. The van der Waals surface area contributed by atoms with Crippen molar-refractivity contribution < 1.29 is 17.5 Å². The number of quaternary nitrogens is 1. The van der Waals surface area contributed by atoms with Crippen LogP contribution in [0.5, 0.6) is 0 Å². The van der Waals surface area contributed by atoms with Gasteiger partial charge in [-0.15, -0.1) is 0 Å². The third kappa shape index (κ3) is 21.9. The molecule has 6 heteroatoms. The van der Waals surface area contributed by atoms with Crippen LogP contribution in [0.25, 0.3) is 0 Å². The first-order valence-corrected chi connectivity index (χ1v) is 17.0. The molecule has 1 aromatic carbocycles. The number of halogens is 1. The zero-order valence-corrected chi connectivity index (χ0v) is 26.2. The van der Waals surface area contributed by atoms with Crippen LogP contribution in [0.4, 0.5) is 0 Å². The Kier molecular flexibility index (Phi) is 22.9. The van der Waals surface area contributed by atoms with Crippen molar-refractivity contribution in [3.63, 3.8) is 0 Å². The Bertz CT molecular complexity index is 715. The van der Waals surface area contributed by atoms with Crippen LogP contribution in [0, 0.1) is 6.92 Å². The summed E-state index contributed by atoms with van der Waals surface area (Å²) in [6.45, 7) is 8.95. The van der Waals surface area contributed by atoms with Gasteiger partial charge < -0.3 is 9.04 Å². The van der Waals surface area contributed by atoms with Crippen molar-refractivity contribution in [2.75, 3.05) is 26.1 Å². The van der Waals surface area contributed by atoms with Gasteiger partial charge in [0, 0.05) is 0 Å². The largest absolute Gasteiger partial charge is 0.744 e. The summed E-state index contributed by atoms with van der Waals surface area (Å²) < 4.78 is 32.2. The van der Waals surface area contributed by atoms with Gasteiger partial charge in [-0.05, 0) is 44.7 Å². The van der Waals surface area contributed by atoms with Crippen molar-refractivity contribution in [1.82, 2.24) is 0 Å². The molecule has 1 aromatic rings. The lowest BCUT2D eigenvalue weighted by molar-refractivity contribution is -0.899. The van der Waals surface area contributed by atoms with Crippen LogP contribution in [-0.4, -0.2) is 43.6 Å². The highest BCUT2D eigenvalue weighted by molar-refractivity contribution is 7.85. The van der Waals surface area contributed by atoms with E-state index in [1.165, 1.54) is 141 Å². The first kappa shape index (κ1) is 36.4. The molecule has 0 aromatic heterocycles. The predicted molar refractivity (Wildman–Crippen MR) is 160 cm³/mol. The maximum atomic E-state index is 10.4. The van der Waals surface area contributed by atoms with Crippen molar-refractivity contribution in [2.45, 2.75) is 141 Å². The van der Waals surface area contributed by atoms with Crippen LogP contribution in [0.1, 0.15) is 135 Å². The third-order valence-electron chi connectivity index (χ3n) is 7.20. The van der Waals surface area contributed by atoms with Crippen LogP contribution in [0.3, 0.4) is 0 Å². The molecule has 0 saturated heterocycles. The molecule has 218 valence electrons. The second-order valence-corrected chi connectivity index (χ2v) is 12.7. The van der Waals surface area contributed by atoms with Crippen LogP contribution in [0.15, 0.2) is 29.2 Å². The first-order chi connectivity index (χ1) is 17.7. The van der Waals surface area contributed by atoms with E-state index >= 15 is 0 Å². The number of unbranched alkanes of at least 4 members (excludes halogenated alkanes) is 16. The van der Waals surface area contributed by atoms with Gasteiger partial charge in [0.2, 0.25) is 0 Å². The maximum Gasteiger partial charge on any atom is 0.154 e. The van der Waals surface area contributed by atoms with Crippen molar-refractivity contribution in [1.29, 1.82) is 0 Å². The zero-order valence-electron chi connectivity index (χ0n) is 24.6. The van der Waals surface area contributed by atoms with Crippen LogP contribution < -0.4 is 0 Å². The normalized spacial score (nSPS) is 11.8. The lowest BCUT2D eigenvalue weighted by Gasteiger charge is -2.32. The zero-order chi connectivity index (χ0) is 27.8. The first-order valence-electron chi connectivity index (χ1n) is 15.1. The van der Waals surface area contributed by atoms with E-state index in [1.807, 2.05) is 6.92 Å². The Morgan fingerprint density at radius 1 is 0.649 bits per heavy atom. The molecule has 4 nitrogen and oxygen atoms in total. The summed E-state index contributed by atoms with van der Waals surface area (Å²) in [7, 11) is -1.91. The number of rotatable bonds is 22. The quantitative estimate of drug-likeness (QED) is 0.0467. The van der Waals surface area contributed by atoms with E-state index < -0.39 is 10.1 Å². The molecule has 0 heterocycles. The Morgan fingerprint density at radius 2 is 0.973 bits per heavy atom. The standard InChI is InChI=1S/C24H51ClN.C7H8O3S/c1-4-6-8-10-12-14-16-18-20-22-26(3,24-25)23-21-19-17-15-13-11-9-7-5-2;1-6-2-4-7(5-3-6)11(8,9)10/h4-24H2,1-3H3;2-5H,1H3,(H,8,9,10)/q+1;/p-1. The molecule has 0 aliphatic rings. The van der Waals surface area contributed by atoms with Crippen molar-refractivity contribution in [2.24, 2.45) is 0 Å². The SMILES string of the molecule is CCCCCCCCCCC[N+](C)(CCl)CCCCCCCCCCC.Cc1ccc(S(=O)(=O)[O-])cc1. The van der Waals surface area contributed by atoms with Gasteiger partial charge in [0.15, 0.2) is 6.00 Å². The van der Waals surface area contributed by atoms with Gasteiger partial charge >= 0.3 is 0 Å². The number of hydrogen-bond donors (Lipinski definition) is 0. The molecule has 0 saturated carbocycles. The third-order valence-corrected chi connectivity index (χ3v) is 8.63. The number of aryl methyl sites for hydroxylation is 1. The highest BCUT2D eigenvalue weighted by atomic mass is 35.5. The summed E-state index contributed by atoms with van der Waals surface area (Å²) in [6, 6.07) is 6.57. The lowest BCUT2D eigenvalue weighted by Crippen LogP contribution is -2.44. The molecule has 0 bridgehead atoms. The second kappa shape index (κ2) is 23.3. The fraction of sp³-hybridized carbons (Fsp3) is 0.806. The predicted octanol–water partition coefficient (Wildman–Crippen LogP) is 9.59. The number of alkyl halides is 1. The molecule has 0 radical (unpaired) electrons. The molecule has 0 aliphatic carbocycles. The second-order valence-electron chi connectivity index (χ2n) is 11.1. The van der Waals surface area contributed by atoms with Crippen LogP contribution >= 0.6 is 11.6 Å². The Morgan fingerprint density at radius 3 is 1.27 bits per heavy atom. The van der Waals surface area contributed by atoms with Crippen molar-refractivity contribution in [3.8, 4) is 0 Å². The molecule has 0 amide bonds. The average Bonchev–Trinajstić information content (AvgIpc) is 2.87. The molecule has 0 N–H and O–H groups in total. The van der Waals surface area contributed by atoms with Crippen molar-refractivity contribution in [3.05, 3.63) is 29.8 Å². The van der Waals surface area contributed by atoms with E-state index in [9.17, 15) is 13.0 Å². The minimum absolute atomic E-state index is 0.178. The monoisotopic (exact) mass is 559 g/mol. The molecule has 37 heavy (non-hydrogen) atoms. The number of nitrogens with zero attached hydrogens (tertiary/aromatic N) is 1. The summed E-state index contributed by atoms with van der Waals surface area (Å²) in [6.07, 6.45) is 25.4. The summed E-state index contributed by atoms with van der Waals surface area (Å²) >= 11 is 6.30. The Balaban J connectivity index is 0.000000970. The minimum atomic E-state index is -4.27. The van der Waals surface area contributed by atoms with E-state index in [0.717, 1.165) is 16.1 Å². The molecular formula is C31H58ClNO3S. The van der Waals surface area contributed by atoms with Gasteiger partial charge in [0.1, 0.15) is 10.1 Å². The van der Waals surface area contributed by atoms with E-state index in [4.69, 9.17) is 11.6 Å². The summed E-state index contributed by atoms with van der Waals surface area (Å²) in [5, 5.41) is 0. The molecule has 0 aliphatic heterocycles. The minimum Gasteiger partial charge on any atom is -0.744 e. The highest BCUT2D eigenvalue weighted by Gasteiger charge is 2.18. The van der Waals surface area contributed by atoms with Gasteiger partial charge in [0.05, 0.1) is 25.0 Å². The van der Waals surface area contributed by atoms with E-state index in [0.29, 0.717) is 0 Å². The van der Waals surface area contributed by atoms with Crippen LogP contribution in [0.2, 0.25) is 0 Å². The summed E-state index contributed by atoms with van der Waals surface area (Å²) in [4.78, 5) is -0.178. The molecule has 1 rings (SSSR count). The van der Waals surface area contributed by atoms with Gasteiger partial charge in [-0.1, -0.05) is 133 Å². The average molecular weight is 560 g/mol.